The molecule has 33 heavy (non-hydrogen) atoms. The van der Waals surface area contributed by atoms with E-state index in [-0.39, 0.29) is 30.4 Å². The van der Waals surface area contributed by atoms with Crippen molar-refractivity contribution in [3.8, 4) is 11.8 Å². The van der Waals surface area contributed by atoms with Crippen LogP contribution >= 0.6 is 0 Å². The van der Waals surface area contributed by atoms with Crippen LogP contribution in [0.1, 0.15) is 55.2 Å². The Morgan fingerprint density at radius 3 is 2.45 bits per heavy atom. The lowest BCUT2D eigenvalue weighted by atomic mass is 9.74. The van der Waals surface area contributed by atoms with Crippen molar-refractivity contribution in [1.29, 1.82) is 0 Å². The Bertz CT molecular complexity index is 1070. The van der Waals surface area contributed by atoms with Crippen LogP contribution in [-0.2, 0) is 15.8 Å². The number of sulfonamides is 1. The van der Waals surface area contributed by atoms with Crippen molar-refractivity contribution in [2.45, 2.75) is 56.4 Å². The molecule has 2 aliphatic heterocycles. The minimum Gasteiger partial charge on any atom is -0.395 e. The molecule has 0 unspecified atom stereocenters. The molecule has 0 saturated carbocycles. The molecule has 1 N–H and O–H groups in total. The minimum absolute atomic E-state index is 0.0276. The van der Waals surface area contributed by atoms with Gasteiger partial charge in [0, 0.05) is 43.1 Å². The lowest BCUT2D eigenvalue weighted by Gasteiger charge is -2.57. The van der Waals surface area contributed by atoms with Crippen LogP contribution in [-0.4, -0.2) is 61.1 Å². The van der Waals surface area contributed by atoms with Gasteiger partial charge in [-0.05, 0) is 49.1 Å². The van der Waals surface area contributed by atoms with Gasteiger partial charge in [-0.25, -0.2) is 12.7 Å². The fraction of sp³-hybridized carbons (Fsp3) is 0.481. The van der Waals surface area contributed by atoms with Crippen molar-refractivity contribution in [2.24, 2.45) is 0 Å². The number of rotatable bonds is 6. The van der Waals surface area contributed by atoms with Gasteiger partial charge in [-0.2, -0.15) is 0 Å². The number of hydrogen-bond acceptors (Lipinski definition) is 4. The van der Waals surface area contributed by atoms with E-state index in [0.29, 0.717) is 13.1 Å². The highest BCUT2D eigenvalue weighted by molar-refractivity contribution is 7.88. The molecule has 6 heteroatoms. The Kier molecular flexibility index (Phi) is 7.87. The Labute approximate surface area is 198 Å². The molecule has 2 aromatic carbocycles. The molecule has 0 aliphatic carbocycles. The molecular formula is C27H34N2O3S. The minimum atomic E-state index is -3.42. The van der Waals surface area contributed by atoms with Crippen LogP contribution in [0.4, 0.5) is 0 Å². The fourth-order valence-electron chi connectivity index (χ4n) is 5.12. The van der Waals surface area contributed by atoms with Crippen LogP contribution < -0.4 is 0 Å². The quantitative estimate of drug-likeness (QED) is 0.661. The summed E-state index contributed by atoms with van der Waals surface area (Å²) in [5, 5.41) is 10.1. The summed E-state index contributed by atoms with van der Waals surface area (Å²) in [5.41, 5.74) is 2.96. The van der Waals surface area contributed by atoms with Gasteiger partial charge in [-0.3, -0.25) is 4.90 Å². The zero-order valence-electron chi connectivity index (χ0n) is 19.4. The molecule has 0 spiro atoms. The van der Waals surface area contributed by atoms with Crippen LogP contribution in [0.15, 0.2) is 54.6 Å². The summed E-state index contributed by atoms with van der Waals surface area (Å²) in [5.74, 6) is 6.52. The first-order valence-corrected chi connectivity index (χ1v) is 13.6. The highest BCUT2D eigenvalue weighted by Gasteiger charge is 2.50. The molecule has 176 valence electrons. The second-order valence-electron chi connectivity index (χ2n) is 9.06. The summed E-state index contributed by atoms with van der Waals surface area (Å²) < 4.78 is 28.3. The number of aliphatic hydroxyl groups excluding tert-OH is 1. The molecule has 2 heterocycles. The third-order valence-corrected chi connectivity index (χ3v) is 8.64. The highest BCUT2D eigenvalue weighted by atomic mass is 32.2. The highest BCUT2D eigenvalue weighted by Crippen LogP contribution is 2.42. The van der Waals surface area contributed by atoms with E-state index in [1.165, 1.54) is 0 Å². The van der Waals surface area contributed by atoms with E-state index in [0.717, 1.165) is 48.9 Å². The molecule has 2 fully saturated rings. The zero-order chi connectivity index (χ0) is 23.3. The first-order chi connectivity index (χ1) is 16.0. The number of nitrogens with zero attached hydrogens (tertiary/aromatic N) is 2. The van der Waals surface area contributed by atoms with Crippen molar-refractivity contribution >= 4 is 10.0 Å². The maximum Gasteiger partial charge on any atom is 0.218 e. The average Bonchev–Trinajstić information content (AvgIpc) is 2.79. The van der Waals surface area contributed by atoms with E-state index in [4.69, 9.17) is 0 Å². The van der Waals surface area contributed by atoms with Crippen LogP contribution in [0.2, 0.25) is 0 Å². The van der Waals surface area contributed by atoms with Crippen molar-refractivity contribution in [1.82, 2.24) is 9.21 Å². The molecule has 3 atom stereocenters. The van der Waals surface area contributed by atoms with Gasteiger partial charge in [0.2, 0.25) is 10.0 Å². The van der Waals surface area contributed by atoms with Gasteiger partial charge >= 0.3 is 0 Å². The van der Waals surface area contributed by atoms with E-state index in [2.05, 4.69) is 35.8 Å². The Balaban J connectivity index is 1.54. The standard InChI is InChI=1S/C27H34N2O3S/c1-2-3-5-10-22-13-15-24(16-14-22)27-25-19-28(17-8-9-18-29(25)26(27)20-30)33(31,32)21-23-11-6-4-7-12-23/h4,6-7,11-16,25-27,30H,2-3,8-9,17-21H2,1H3/t25-,26-,27-/m0/s1. The molecule has 2 aliphatic rings. The molecule has 4 rings (SSSR count). The Morgan fingerprint density at radius 1 is 1.03 bits per heavy atom. The zero-order valence-corrected chi connectivity index (χ0v) is 20.2. The number of aliphatic hydroxyl groups is 1. The van der Waals surface area contributed by atoms with Crippen molar-refractivity contribution < 1.29 is 13.5 Å². The lowest BCUT2D eigenvalue weighted by Crippen LogP contribution is -2.67. The predicted octanol–water partition coefficient (Wildman–Crippen LogP) is 3.59. The van der Waals surface area contributed by atoms with Gasteiger partial charge < -0.3 is 5.11 Å². The van der Waals surface area contributed by atoms with Crippen molar-refractivity contribution in [2.75, 3.05) is 26.2 Å². The summed E-state index contributed by atoms with van der Waals surface area (Å²) in [6, 6.07) is 17.8. The second kappa shape index (κ2) is 10.8. The molecule has 0 bridgehead atoms. The van der Waals surface area contributed by atoms with E-state index in [1.807, 2.05) is 42.5 Å². The lowest BCUT2D eigenvalue weighted by molar-refractivity contribution is -0.0554. The van der Waals surface area contributed by atoms with Gasteiger partial charge in [0.1, 0.15) is 0 Å². The first kappa shape index (κ1) is 24.0. The predicted molar refractivity (Wildman–Crippen MR) is 132 cm³/mol. The third-order valence-electron chi connectivity index (χ3n) is 6.82. The first-order valence-electron chi connectivity index (χ1n) is 12.0. The SMILES string of the molecule is CCCC#Cc1ccc([C@@H]2[C@H](CO)N3CCCCN(S(=O)(=O)Cc4ccccc4)C[C@@H]23)cc1. The fourth-order valence-corrected chi connectivity index (χ4v) is 6.70. The Hall–Kier alpha value is -2.17. The van der Waals surface area contributed by atoms with Gasteiger partial charge in [-0.15, -0.1) is 0 Å². The number of hydrogen-bond donors (Lipinski definition) is 1. The van der Waals surface area contributed by atoms with Gasteiger partial charge in [0.25, 0.3) is 0 Å². The van der Waals surface area contributed by atoms with Crippen LogP contribution in [0, 0.1) is 11.8 Å². The normalized spacial score (nSPS) is 24.0. The molecule has 5 nitrogen and oxygen atoms in total. The largest absolute Gasteiger partial charge is 0.395 e. The summed E-state index contributed by atoms with van der Waals surface area (Å²) >= 11 is 0. The van der Waals surface area contributed by atoms with E-state index in [1.54, 1.807) is 4.31 Å². The summed E-state index contributed by atoms with van der Waals surface area (Å²) in [6.45, 7) is 4.12. The van der Waals surface area contributed by atoms with Crippen LogP contribution in [0.3, 0.4) is 0 Å². The monoisotopic (exact) mass is 466 g/mol. The molecule has 2 saturated heterocycles. The van der Waals surface area contributed by atoms with Crippen molar-refractivity contribution in [3.63, 3.8) is 0 Å². The van der Waals surface area contributed by atoms with E-state index in [9.17, 15) is 13.5 Å². The molecular weight excluding hydrogens is 432 g/mol. The second-order valence-corrected chi connectivity index (χ2v) is 11.0. The topological polar surface area (TPSA) is 60.9 Å². The van der Waals surface area contributed by atoms with Gasteiger partial charge in [-0.1, -0.05) is 61.2 Å². The maximum atomic E-state index is 13.3. The summed E-state index contributed by atoms with van der Waals surface area (Å²) in [7, 11) is -3.42. The molecule has 0 amide bonds. The number of fused-ring (bicyclic) bond motifs is 1. The smallest absolute Gasteiger partial charge is 0.218 e. The van der Waals surface area contributed by atoms with Crippen LogP contribution in [0.5, 0.6) is 0 Å². The van der Waals surface area contributed by atoms with Crippen molar-refractivity contribution in [3.05, 3.63) is 71.3 Å². The maximum absolute atomic E-state index is 13.3. The molecule has 0 radical (unpaired) electrons. The number of unbranched alkanes of at least 4 members (excludes halogenated alkanes) is 1. The summed E-state index contributed by atoms with van der Waals surface area (Å²) in [4.78, 5) is 2.31. The average molecular weight is 467 g/mol. The van der Waals surface area contributed by atoms with Gasteiger partial charge in [0.15, 0.2) is 0 Å². The van der Waals surface area contributed by atoms with Gasteiger partial charge in [0.05, 0.1) is 12.4 Å². The Morgan fingerprint density at radius 2 is 1.76 bits per heavy atom. The third kappa shape index (κ3) is 5.50. The number of benzene rings is 2. The van der Waals surface area contributed by atoms with Crippen LogP contribution in [0.25, 0.3) is 0 Å². The summed E-state index contributed by atoms with van der Waals surface area (Å²) in [6.07, 6.45) is 3.71. The van der Waals surface area contributed by atoms with E-state index < -0.39 is 10.0 Å². The van der Waals surface area contributed by atoms with E-state index >= 15 is 0 Å². The molecule has 2 aromatic rings. The molecule has 0 aromatic heterocycles.